The summed E-state index contributed by atoms with van der Waals surface area (Å²) in [5.74, 6) is 2.29. The summed E-state index contributed by atoms with van der Waals surface area (Å²) in [6.07, 6.45) is 5.51. The molecule has 0 saturated heterocycles. The molecule has 2 saturated carbocycles. The Hall–Kier alpha value is -2.53. The zero-order valence-corrected chi connectivity index (χ0v) is 17.0. The van der Waals surface area contributed by atoms with E-state index in [4.69, 9.17) is 16.3 Å². The van der Waals surface area contributed by atoms with Gasteiger partial charge in [0.25, 0.3) is 5.91 Å². The van der Waals surface area contributed by atoms with Crippen molar-refractivity contribution in [3.05, 3.63) is 64.7 Å². The van der Waals surface area contributed by atoms with Crippen molar-refractivity contribution in [3.63, 3.8) is 0 Å². The Labute approximate surface area is 175 Å². The molecule has 2 bridgehead atoms. The molecule has 2 aromatic rings. The van der Waals surface area contributed by atoms with E-state index in [0.717, 1.165) is 23.7 Å². The van der Waals surface area contributed by atoms with Gasteiger partial charge in [0.2, 0.25) is 5.91 Å². The molecule has 5 nitrogen and oxygen atoms in total. The second kappa shape index (κ2) is 8.87. The van der Waals surface area contributed by atoms with Crippen molar-refractivity contribution >= 4 is 23.4 Å². The Balaban J connectivity index is 1.21. The molecule has 0 heterocycles. The fraction of sp³-hybridized carbons (Fsp3) is 0.391. The highest BCUT2D eigenvalue weighted by molar-refractivity contribution is 6.30. The van der Waals surface area contributed by atoms with Crippen LogP contribution in [0.25, 0.3) is 0 Å². The van der Waals surface area contributed by atoms with Crippen LogP contribution >= 0.6 is 11.6 Å². The number of fused-ring (bicyclic) bond motifs is 2. The number of benzene rings is 2. The SMILES string of the molecule is O=C(CC1CC2CCC1C2)NNC(=O)c1ccc(COc2ccc(Cl)cc2)cc1. The molecule has 29 heavy (non-hydrogen) atoms. The molecule has 152 valence electrons. The number of amides is 2. The van der Waals surface area contributed by atoms with Gasteiger partial charge in [0.15, 0.2) is 0 Å². The van der Waals surface area contributed by atoms with Crippen molar-refractivity contribution in [2.24, 2.45) is 17.8 Å². The third kappa shape index (κ3) is 5.10. The van der Waals surface area contributed by atoms with Crippen molar-refractivity contribution in [2.75, 3.05) is 0 Å². The molecule has 2 fully saturated rings. The molecular formula is C23H25ClN2O3. The van der Waals surface area contributed by atoms with Crippen LogP contribution in [0.2, 0.25) is 5.02 Å². The maximum atomic E-state index is 12.3. The van der Waals surface area contributed by atoms with Crippen LogP contribution in [0.5, 0.6) is 5.75 Å². The van der Waals surface area contributed by atoms with Crippen LogP contribution in [0.4, 0.5) is 0 Å². The molecule has 3 atom stereocenters. The lowest BCUT2D eigenvalue weighted by atomic mass is 9.86. The first-order valence-electron chi connectivity index (χ1n) is 10.1. The van der Waals surface area contributed by atoms with E-state index < -0.39 is 0 Å². The summed E-state index contributed by atoms with van der Waals surface area (Å²) in [4.78, 5) is 24.4. The normalized spacial score (nSPS) is 22.3. The quantitative estimate of drug-likeness (QED) is 0.686. The Kier molecular flexibility index (Phi) is 6.05. The molecule has 6 heteroatoms. The van der Waals surface area contributed by atoms with E-state index in [0.29, 0.717) is 35.4 Å². The van der Waals surface area contributed by atoms with Gasteiger partial charge in [-0.2, -0.15) is 0 Å². The second-order valence-electron chi connectivity index (χ2n) is 8.08. The summed E-state index contributed by atoms with van der Waals surface area (Å²) in [6, 6.07) is 14.3. The van der Waals surface area contributed by atoms with Gasteiger partial charge in [-0.15, -0.1) is 0 Å². The van der Waals surface area contributed by atoms with Gasteiger partial charge in [-0.1, -0.05) is 30.2 Å². The predicted octanol–water partition coefficient (Wildman–Crippen LogP) is 4.51. The molecule has 2 aliphatic carbocycles. The lowest BCUT2D eigenvalue weighted by Gasteiger charge is -2.20. The lowest BCUT2D eigenvalue weighted by Crippen LogP contribution is -2.42. The first-order chi connectivity index (χ1) is 14.1. The number of nitrogens with one attached hydrogen (secondary N) is 2. The molecule has 0 spiro atoms. The minimum Gasteiger partial charge on any atom is -0.489 e. The molecule has 0 radical (unpaired) electrons. The van der Waals surface area contributed by atoms with Gasteiger partial charge in [-0.05, 0) is 79.0 Å². The van der Waals surface area contributed by atoms with E-state index in [1.54, 1.807) is 24.3 Å². The van der Waals surface area contributed by atoms with Gasteiger partial charge in [-0.25, -0.2) is 0 Å². The third-order valence-electron chi connectivity index (χ3n) is 6.08. The summed E-state index contributed by atoms with van der Waals surface area (Å²) in [6.45, 7) is 0.393. The standard InChI is InChI=1S/C23H25ClN2O3/c24-20-7-9-21(10-8-20)29-14-15-1-4-17(5-2-15)23(28)26-25-22(27)13-19-12-16-3-6-18(19)11-16/h1-2,4-5,7-10,16,18-19H,3,6,11-14H2,(H,25,27)(H,26,28). The summed E-state index contributed by atoms with van der Waals surface area (Å²) >= 11 is 5.86. The van der Waals surface area contributed by atoms with Gasteiger partial charge in [0, 0.05) is 17.0 Å². The van der Waals surface area contributed by atoms with E-state index >= 15 is 0 Å². The first-order valence-corrected chi connectivity index (χ1v) is 10.5. The summed E-state index contributed by atoms with van der Waals surface area (Å²) in [5.41, 5.74) is 6.50. The Morgan fingerprint density at radius 1 is 0.966 bits per heavy atom. The van der Waals surface area contributed by atoms with Crippen LogP contribution < -0.4 is 15.6 Å². The molecule has 2 aliphatic rings. The Morgan fingerprint density at radius 2 is 1.72 bits per heavy atom. The molecule has 2 amide bonds. The maximum Gasteiger partial charge on any atom is 0.269 e. The fourth-order valence-corrected chi connectivity index (χ4v) is 4.69. The molecule has 4 rings (SSSR count). The number of hydrogen-bond donors (Lipinski definition) is 2. The van der Waals surface area contributed by atoms with Crippen LogP contribution in [0.15, 0.2) is 48.5 Å². The van der Waals surface area contributed by atoms with Crippen LogP contribution in [0.3, 0.4) is 0 Å². The molecule has 0 aliphatic heterocycles. The van der Waals surface area contributed by atoms with Crippen LogP contribution in [-0.2, 0) is 11.4 Å². The number of carbonyl (C=O) groups is 2. The first kappa shape index (κ1) is 19.8. The minimum atomic E-state index is -0.323. The maximum absolute atomic E-state index is 12.3. The molecule has 2 N–H and O–H groups in total. The lowest BCUT2D eigenvalue weighted by molar-refractivity contribution is -0.123. The van der Waals surface area contributed by atoms with Crippen molar-refractivity contribution in [2.45, 2.75) is 38.7 Å². The summed E-state index contributed by atoms with van der Waals surface area (Å²) < 4.78 is 5.69. The van der Waals surface area contributed by atoms with Gasteiger partial charge >= 0.3 is 0 Å². The average molecular weight is 413 g/mol. The number of rotatable bonds is 6. The van der Waals surface area contributed by atoms with Crippen LogP contribution in [-0.4, -0.2) is 11.8 Å². The van der Waals surface area contributed by atoms with E-state index in [1.165, 1.54) is 19.3 Å². The monoisotopic (exact) mass is 412 g/mol. The van der Waals surface area contributed by atoms with E-state index in [9.17, 15) is 9.59 Å². The van der Waals surface area contributed by atoms with Crippen LogP contribution in [0, 0.1) is 17.8 Å². The Morgan fingerprint density at radius 3 is 2.38 bits per heavy atom. The van der Waals surface area contributed by atoms with E-state index in [2.05, 4.69) is 10.9 Å². The van der Waals surface area contributed by atoms with Crippen molar-refractivity contribution in [1.82, 2.24) is 10.9 Å². The highest BCUT2D eigenvalue weighted by Gasteiger charge is 2.40. The van der Waals surface area contributed by atoms with Gasteiger partial charge in [-0.3, -0.25) is 20.4 Å². The smallest absolute Gasteiger partial charge is 0.269 e. The number of hydrazine groups is 1. The zero-order valence-electron chi connectivity index (χ0n) is 16.2. The van der Waals surface area contributed by atoms with Crippen molar-refractivity contribution in [3.8, 4) is 5.75 Å². The van der Waals surface area contributed by atoms with E-state index in [-0.39, 0.29) is 11.8 Å². The van der Waals surface area contributed by atoms with Gasteiger partial charge < -0.3 is 4.74 Å². The third-order valence-corrected chi connectivity index (χ3v) is 6.33. The van der Waals surface area contributed by atoms with Crippen molar-refractivity contribution < 1.29 is 14.3 Å². The minimum absolute atomic E-state index is 0.108. The molecule has 2 aromatic carbocycles. The van der Waals surface area contributed by atoms with E-state index in [1.807, 2.05) is 24.3 Å². The zero-order chi connectivity index (χ0) is 20.2. The highest BCUT2D eigenvalue weighted by Crippen LogP contribution is 2.49. The topological polar surface area (TPSA) is 67.4 Å². The number of ether oxygens (including phenoxy) is 1. The number of halogens is 1. The fourth-order valence-electron chi connectivity index (χ4n) is 4.56. The number of hydrogen-bond acceptors (Lipinski definition) is 3. The molecular weight excluding hydrogens is 388 g/mol. The summed E-state index contributed by atoms with van der Waals surface area (Å²) in [7, 11) is 0. The predicted molar refractivity (Wildman–Crippen MR) is 111 cm³/mol. The molecule has 3 unspecified atom stereocenters. The van der Waals surface area contributed by atoms with Gasteiger partial charge in [0.1, 0.15) is 12.4 Å². The average Bonchev–Trinajstić information content (AvgIpc) is 3.35. The van der Waals surface area contributed by atoms with Gasteiger partial charge in [0.05, 0.1) is 0 Å². The second-order valence-corrected chi connectivity index (χ2v) is 8.52. The largest absolute Gasteiger partial charge is 0.489 e. The molecule has 0 aromatic heterocycles. The van der Waals surface area contributed by atoms with Crippen LogP contribution in [0.1, 0.15) is 48.0 Å². The Bertz CT molecular complexity index is 867. The number of carbonyl (C=O) groups excluding carboxylic acids is 2. The highest BCUT2D eigenvalue weighted by atomic mass is 35.5. The summed E-state index contributed by atoms with van der Waals surface area (Å²) in [5, 5.41) is 0.662. The van der Waals surface area contributed by atoms with Crippen molar-refractivity contribution in [1.29, 1.82) is 0 Å².